The van der Waals surface area contributed by atoms with Crippen molar-refractivity contribution in [1.29, 1.82) is 0 Å². The molecule has 1 amide bonds. The molecule has 1 rings (SSSR count). The summed E-state index contributed by atoms with van der Waals surface area (Å²) < 4.78 is 5.77. The highest BCUT2D eigenvalue weighted by atomic mass is 79.9. The van der Waals surface area contributed by atoms with Crippen molar-refractivity contribution in [3.8, 4) is 0 Å². The van der Waals surface area contributed by atoms with E-state index in [0.29, 0.717) is 16.9 Å². The summed E-state index contributed by atoms with van der Waals surface area (Å²) in [6.07, 6.45) is 2.30. The molecule has 1 aromatic heterocycles. The Hall–Kier alpha value is -0.810. The summed E-state index contributed by atoms with van der Waals surface area (Å²) in [6, 6.07) is 1.69. The topological polar surface area (TPSA) is 68.3 Å². The van der Waals surface area contributed by atoms with Crippen molar-refractivity contribution in [2.45, 2.75) is 32.7 Å². The van der Waals surface area contributed by atoms with E-state index >= 15 is 0 Å². The van der Waals surface area contributed by atoms with Crippen LogP contribution in [0.3, 0.4) is 0 Å². The van der Waals surface area contributed by atoms with Crippen LogP contribution in [0.25, 0.3) is 0 Å². The smallest absolute Gasteiger partial charge is 0.288 e. The normalized spacial score (nSPS) is 14.7. The van der Waals surface area contributed by atoms with Gasteiger partial charge in [-0.15, -0.1) is 0 Å². The molecule has 0 saturated heterocycles. The number of rotatable bonds is 5. The molecular formula is C12H19BrN2O2. The van der Waals surface area contributed by atoms with E-state index < -0.39 is 5.54 Å². The molecule has 0 radical (unpaired) electrons. The van der Waals surface area contributed by atoms with Crippen molar-refractivity contribution in [2.24, 2.45) is 11.7 Å². The molecule has 0 saturated carbocycles. The number of amides is 1. The molecule has 5 heteroatoms. The van der Waals surface area contributed by atoms with Crippen molar-refractivity contribution in [2.75, 3.05) is 6.54 Å². The monoisotopic (exact) mass is 302 g/mol. The van der Waals surface area contributed by atoms with Gasteiger partial charge in [0.1, 0.15) is 0 Å². The minimum Gasteiger partial charge on any atom is -0.458 e. The lowest BCUT2D eigenvalue weighted by Crippen LogP contribution is -2.52. The lowest BCUT2D eigenvalue weighted by molar-refractivity contribution is 0.0868. The van der Waals surface area contributed by atoms with E-state index in [1.54, 1.807) is 6.07 Å². The molecule has 1 aromatic rings. The quantitative estimate of drug-likeness (QED) is 0.878. The minimum absolute atomic E-state index is 0.240. The van der Waals surface area contributed by atoms with Crippen LogP contribution in [0.4, 0.5) is 0 Å². The lowest BCUT2D eigenvalue weighted by atomic mass is 9.90. The van der Waals surface area contributed by atoms with Crippen LogP contribution in [0.1, 0.15) is 37.7 Å². The summed E-state index contributed by atoms with van der Waals surface area (Å²) in [5.74, 6) is 0.507. The third-order valence-corrected chi connectivity index (χ3v) is 3.17. The van der Waals surface area contributed by atoms with Crippen LogP contribution >= 0.6 is 15.9 Å². The Bertz CT molecular complexity index is 390. The number of nitrogens with two attached hydrogens (primary N) is 1. The van der Waals surface area contributed by atoms with Crippen LogP contribution in [-0.4, -0.2) is 18.0 Å². The number of hydrogen-bond donors (Lipinski definition) is 2. The van der Waals surface area contributed by atoms with Gasteiger partial charge in [0.05, 0.1) is 16.3 Å². The Balaban J connectivity index is 2.75. The number of hydrogen-bond acceptors (Lipinski definition) is 3. The van der Waals surface area contributed by atoms with E-state index in [4.69, 9.17) is 10.2 Å². The fraction of sp³-hybridized carbons (Fsp3) is 0.583. The van der Waals surface area contributed by atoms with Gasteiger partial charge < -0.3 is 15.5 Å². The second kappa shape index (κ2) is 5.69. The summed E-state index contributed by atoms with van der Waals surface area (Å²) in [5, 5.41) is 2.93. The van der Waals surface area contributed by atoms with E-state index in [1.807, 2.05) is 6.92 Å². The summed E-state index contributed by atoms with van der Waals surface area (Å²) >= 11 is 3.26. The Morgan fingerprint density at radius 3 is 2.71 bits per heavy atom. The standard InChI is InChI=1S/C12H19BrN2O2/c1-8(2)6-12(3,7-14)15-11(16)10-9(13)4-5-17-10/h4-5,8H,6-7,14H2,1-3H3,(H,15,16). The van der Waals surface area contributed by atoms with Crippen molar-refractivity contribution in [3.05, 3.63) is 22.6 Å². The van der Waals surface area contributed by atoms with Crippen LogP contribution in [0, 0.1) is 5.92 Å². The minimum atomic E-state index is -0.405. The molecule has 4 nitrogen and oxygen atoms in total. The summed E-state index contributed by atoms with van der Waals surface area (Å²) in [5.41, 5.74) is 5.33. The first-order valence-corrected chi connectivity index (χ1v) is 6.43. The maximum absolute atomic E-state index is 12.0. The Morgan fingerprint density at radius 1 is 1.65 bits per heavy atom. The first kappa shape index (κ1) is 14.3. The van der Waals surface area contributed by atoms with Crippen molar-refractivity contribution in [3.63, 3.8) is 0 Å². The zero-order chi connectivity index (χ0) is 13.1. The SMILES string of the molecule is CC(C)CC(C)(CN)NC(=O)c1occc1Br. The molecule has 0 aliphatic heterocycles. The Labute approximate surface area is 110 Å². The number of nitrogens with one attached hydrogen (secondary N) is 1. The van der Waals surface area contributed by atoms with Gasteiger partial charge >= 0.3 is 0 Å². The lowest BCUT2D eigenvalue weighted by Gasteiger charge is -2.30. The van der Waals surface area contributed by atoms with Crippen molar-refractivity contribution < 1.29 is 9.21 Å². The van der Waals surface area contributed by atoms with E-state index in [1.165, 1.54) is 6.26 Å². The fourth-order valence-corrected chi connectivity index (χ4v) is 2.25. The van der Waals surface area contributed by atoms with Gasteiger partial charge in [-0.25, -0.2) is 0 Å². The van der Waals surface area contributed by atoms with E-state index in [9.17, 15) is 4.79 Å². The first-order chi connectivity index (χ1) is 7.88. The summed E-state index contributed by atoms with van der Waals surface area (Å²) in [7, 11) is 0. The van der Waals surface area contributed by atoms with Crippen LogP contribution in [0.15, 0.2) is 21.2 Å². The highest BCUT2D eigenvalue weighted by molar-refractivity contribution is 9.10. The van der Waals surface area contributed by atoms with E-state index in [0.717, 1.165) is 6.42 Å². The maximum atomic E-state index is 12.0. The molecule has 0 bridgehead atoms. The van der Waals surface area contributed by atoms with Gasteiger partial charge in [0.2, 0.25) is 5.76 Å². The van der Waals surface area contributed by atoms with Crippen LogP contribution in [-0.2, 0) is 0 Å². The Kier molecular flexibility index (Phi) is 4.77. The molecule has 0 aliphatic rings. The molecule has 1 unspecified atom stereocenters. The van der Waals surface area contributed by atoms with Crippen LogP contribution < -0.4 is 11.1 Å². The van der Waals surface area contributed by atoms with E-state index in [-0.39, 0.29) is 11.7 Å². The fourth-order valence-electron chi connectivity index (χ4n) is 1.87. The molecule has 0 fully saturated rings. The van der Waals surface area contributed by atoms with Gasteiger partial charge in [0.25, 0.3) is 5.91 Å². The molecule has 0 aromatic carbocycles. The molecule has 0 aliphatic carbocycles. The predicted octanol–water partition coefficient (Wildman–Crippen LogP) is 2.54. The number of carbonyl (C=O) groups is 1. The van der Waals surface area contributed by atoms with Gasteiger partial charge in [-0.2, -0.15) is 0 Å². The third kappa shape index (κ3) is 3.85. The molecule has 3 N–H and O–H groups in total. The zero-order valence-electron chi connectivity index (χ0n) is 10.4. The highest BCUT2D eigenvalue weighted by Gasteiger charge is 2.28. The largest absolute Gasteiger partial charge is 0.458 e. The third-order valence-electron chi connectivity index (χ3n) is 2.55. The Morgan fingerprint density at radius 2 is 2.29 bits per heavy atom. The molecule has 0 spiro atoms. The zero-order valence-corrected chi connectivity index (χ0v) is 12.0. The van der Waals surface area contributed by atoms with Crippen molar-refractivity contribution in [1.82, 2.24) is 5.32 Å². The number of carbonyl (C=O) groups excluding carboxylic acids is 1. The van der Waals surface area contributed by atoms with Gasteiger partial charge in [-0.1, -0.05) is 13.8 Å². The van der Waals surface area contributed by atoms with Gasteiger partial charge in [-0.3, -0.25) is 4.79 Å². The first-order valence-electron chi connectivity index (χ1n) is 5.63. The molecule has 17 heavy (non-hydrogen) atoms. The average molecular weight is 303 g/mol. The molecular weight excluding hydrogens is 284 g/mol. The van der Waals surface area contributed by atoms with Gasteiger partial charge in [0, 0.05) is 6.54 Å². The second-order valence-electron chi connectivity index (χ2n) is 4.91. The second-order valence-corrected chi connectivity index (χ2v) is 5.77. The molecule has 1 atom stereocenters. The van der Waals surface area contributed by atoms with Crippen molar-refractivity contribution >= 4 is 21.8 Å². The number of halogens is 1. The van der Waals surface area contributed by atoms with Crippen LogP contribution in [0.5, 0.6) is 0 Å². The predicted molar refractivity (Wildman–Crippen MR) is 70.8 cm³/mol. The van der Waals surface area contributed by atoms with E-state index in [2.05, 4.69) is 35.1 Å². The average Bonchev–Trinajstić information content (AvgIpc) is 2.63. The van der Waals surface area contributed by atoms with Gasteiger partial charge in [-0.05, 0) is 41.3 Å². The summed E-state index contributed by atoms with van der Waals surface area (Å²) in [6.45, 7) is 6.54. The summed E-state index contributed by atoms with van der Waals surface area (Å²) in [4.78, 5) is 12.0. The number of furan rings is 1. The molecule has 96 valence electrons. The van der Waals surface area contributed by atoms with Crippen LogP contribution in [0.2, 0.25) is 0 Å². The van der Waals surface area contributed by atoms with Gasteiger partial charge in [0.15, 0.2) is 0 Å². The molecule has 1 heterocycles. The highest BCUT2D eigenvalue weighted by Crippen LogP contribution is 2.20. The maximum Gasteiger partial charge on any atom is 0.288 e.